The fourth-order valence-corrected chi connectivity index (χ4v) is 2.53. The van der Waals surface area contributed by atoms with Gasteiger partial charge < -0.3 is 20.5 Å². The number of anilines is 2. The molecule has 1 aromatic heterocycles. The SMILES string of the molecule is COc1ccc(C(=O)Nc2cccc(OC(F)(F)F)c2)cc1-c1cnc(N)nc1. The summed E-state index contributed by atoms with van der Waals surface area (Å²) >= 11 is 0. The molecule has 0 aliphatic rings. The molecule has 2 aromatic carbocycles. The lowest BCUT2D eigenvalue weighted by atomic mass is 10.0. The number of hydrogen-bond acceptors (Lipinski definition) is 6. The molecule has 0 spiro atoms. The Labute approximate surface area is 163 Å². The molecule has 10 heteroatoms. The molecule has 3 aromatic rings. The lowest BCUT2D eigenvalue weighted by Crippen LogP contribution is -2.17. The van der Waals surface area contributed by atoms with Gasteiger partial charge in [-0.1, -0.05) is 6.07 Å². The number of aromatic nitrogens is 2. The monoisotopic (exact) mass is 404 g/mol. The Hall–Kier alpha value is -3.82. The third-order valence-electron chi connectivity index (χ3n) is 3.77. The fourth-order valence-electron chi connectivity index (χ4n) is 2.53. The van der Waals surface area contributed by atoms with Crippen LogP contribution in [0.5, 0.6) is 11.5 Å². The molecule has 0 unspecified atom stereocenters. The number of benzene rings is 2. The Morgan fingerprint density at radius 1 is 1.10 bits per heavy atom. The highest BCUT2D eigenvalue weighted by Crippen LogP contribution is 2.31. The molecule has 0 aliphatic heterocycles. The zero-order chi connectivity index (χ0) is 21.0. The Bertz CT molecular complexity index is 1020. The van der Waals surface area contributed by atoms with Gasteiger partial charge in [0.15, 0.2) is 0 Å². The van der Waals surface area contributed by atoms with Gasteiger partial charge in [-0.3, -0.25) is 4.79 Å². The summed E-state index contributed by atoms with van der Waals surface area (Å²) in [5, 5.41) is 2.53. The van der Waals surface area contributed by atoms with Gasteiger partial charge in [-0.2, -0.15) is 0 Å². The zero-order valence-electron chi connectivity index (χ0n) is 15.0. The van der Waals surface area contributed by atoms with E-state index in [2.05, 4.69) is 20.0 Å². The fraction of sp³-hybridized carbons (Fsp3) is 0.105. The second-order valence-electron chi connectivity index (χ2n) is 5.77. The van der Waals surface area contributed by atoms with Crippen molar-refractivity contribution in [3.8, 4) is 22.6 Å². The summed E-state index contributed by atoms with van der Waals surface area (Å²) in [6.07, 6.45) is -1.85. The molecule has 0 saturated heterocycles. The maximum atomic E-state index is 12.6. The molecule has 7 nitrogen and oxygen atoms in total. The van der Waals surface area contributed by atoms with Gasteiger partial charge in [0, 0.05) is 40.8 Å². The van der Waals surface area contributed by atoms with Crippen molar-refractivity contribution >= 4 is 17.5 Å². The molecule has 29 heavy (non-hydrogen) atoms. The maximum Gasteiger partial charge on any atom is 0.573 e. The van der Waals surface area contributed by atoms with Crippen LogP contribution in [0, 0.1) is 0 Å². The molecule has 1 amide bonds. The van der Waals surface area contributed by atoms with Crippen molar-refractivity contribution in [3.63, 3.8) is 0 Å². The number of alkyl halides is 3. The number of carbonyl (C=O) groups is 1. The average Bonchev–Trinajstić information content (AvgIpc) is 2.67. The highest BCUT2D eigenvalue weighted by Gasteiger charge is 2.31. The average molecular weight is 404 g/mol. The first-order valence-corrected chi connectivity index (χ1v) is 8.18. The van der Waals surface area contributed by atoms with E-state index in [0.29, 0.717) is 16.9 Å². The van der Waals surface area contributed by atoms with Crippen molar-refractivity contribution in [2.24, 2.45) is 0 Å². The molecule has 0 fully saturated rings. The third kappa shape index (κ3) is 5.12. The first-order chi connectivity index (χ1) is 13.7. The normalized spacial score (nSPS) is 11.0. The van der Waals surface area contributed by atoms with E-state index in [1.807, 2.05) is 0 Å². The molecule has 0 bridgehead atoms. The molecule has 3 N–H and O–H groups in total. The van der Waals surface area contributed by atoms with E-state index in [0.717, 1.165) is 12.1 Å². The Balaban J connectivity index is 1.85. The molecular formula is C19H15F3N4O3. The largest absolute Gasteiger partial charge is 0.573 e. The number of nitrogens with zero attached hydrogens (tertiary/aromatic N) is 2. The van der Waals surface area contributed by atoms with Gasteiger partial charge in [0.2, 0.25) is 5.95 Å². The van der Waals surface area contributed by atoms with Crippen LogP contribution >= 0.6 is 0 Å². The van der Waals surface area contributed by atoms with Gasteiger partial charge in [0.05, 0.1) is 7.11 Å². The molecule has 0 saturated carbocycles. The number of nitrogens with two attached hydrogens (primary N) is 1. The van der Waals surface area contributed by atoms with Crippen molar-refractivity contribution in [3.05, 3.63) is 60.4 Å². The van der Waals surface area contributed by atoms with Gasteiger partial charge in [-0.25, -0.2) is 9.97 Å². The molecule has 150 valence electrons. The van der Waals surface area contributed by atoms with Crippen molar-refractivity contribution in [2.45, 2.75) is 6.36 Å². The number of amides is 1. The van der Waals surface area contributed by atoms with Crippen LogP contribution < -0.4 is 20.5 Å². The first kappa shape index (κ1) is 19.9. The van der Waals surface area contributed by atoms with Crippen molar-refractivity contribution in [1.29, 1.82) is 0 Å². The lowest BCUT2D eigenvalue weighted by molar-refractivity contribution is -0.274. The Morgan fingerprint density at radius 2 is 1.83 bits per heavy atom. The number of halogens is 3. The smallest absolute Gasteiger partial charge is 0.496 e. The van der Waals surface area contributed by atoms with Crippen LogP contribution in [0.25, 0.3) is 11.1 Å². The maximum absolute atomic E-state index is 12.6. The summed E-state index contributed by atoms with van der Waals surface area (Å²) < 4.78 is 46.2. The van der Waals surface area contributed by atoms with Gasteiger partial charge >= 0.3 is 6.36 Å². The molecule has 0 atom stereocenters. The number of nitrogens with one attached hydrogen (secondary N) is 1. The van der Waals surface area contributed by atoms with E-state index in [1.54, 1.807) is 12.1 Å². The minimum Gasteiger partial charge on any atom is -0.496 e. The lowest BCUT2D eigenvalue weighted by Gasteiger charge is -2.12. The number of carbonyl (C=O) groups excluding carboxylic acids is 1. The van der Waals surface area contributed by atoms with Crippen LogP contribution in [0.2, 0.25) is 0 Å². The predicted molar refractivity (Wildman–Crippen MR) is 99.5 cm³/mol. The molecule has 0 aliphatic carbocycles. The van der Waals surface area contributed by atoms with Crippen LogP contribution in [0.15, 0.2) is 54.9 Å². The number of hydrogen-bond donors (Lipinski definition) is 2. The van der Waals surface area contributed by atoms with Crippen molar-refractivity contribution < 1.29 is 27.4 Å². The molecule has 0 radical (unpaired) electrons. The van der Waals surface area contributed by atoms with Gasteiger partial charge in [0.1, 0.15) is 11.5 Å². The van der Waals surface area contributed by atoms with Gasteiger partial charge in [-0.05, 0) is 30.3 Å². The van der Waals surface area contributed by atoms with E-state index >= 15 is 0 Å². The highest BCUT2D eigenvalue weighted by atomic mass is 19.4. The quantitative estimate of drug-likeness (QED) is 0.670. The Morgan fingerprint density at radius 3 is 2.48 bits per heavy atom. The molecule has 1 heterocycles. The third-order valence-corrected chi connectivity index (χ3v) is 3.77. The summed E-state index contributed by atoms with van der Waals surface area (Å²) in [5.41, 5.74) is 7.01. The van der Waals surface area contributed by atoms with Gasteiger partial charge in [-0.15, -0.1) is 13.2 Å². The van der Waals surface area contributed by atoms with E-state index in [-0.39, 0.29) is 17.2 Å². The number of nitrogen functional groups attached to an aromatic ring is 1. The summed E-state index contributed by atoms with van der Waals surface area (Å²) in [7, 11) is 1.48. The Kier molecular flexibility index (Phi) is 5.53. The second-order valence-corrected chi connectivity index (χ2v) is 5.77. The standard InChI is InChI=1S/C19H15F3N4O3/c1-28-16-6-5-11(7-15(16)12-9-24-18(23)25-10-12)17(27)26-13-3-2-4-14(8-13)29-19(20,21)22/h2-10H,1H3,(H,26,27)(H2,23,24,25). The van der Waals surface area contributed by atoms with Crippen LogP contribution in [0.3, 0.4) is 0 Å². The van der Waals surface area contributed by atoms with Crippen molar-refractivity contribution in [2.75, 3.05) is 18.2 Å². The number of rotatable bonds is 5. The molecular weight excluding hydrogens is 389 g/mol. The predicted octanol–water partition coefficient (Wildman–Crippen LogP) is 3.89. The van der Waals surface area contributed by atoms with E-state index in [1.165, 1.54) is 37.7 Å². The molecule has 3 rings (SSSR count). The minimum atomic E-state index is -4.82. The number of methoxy groups -OCH3 is 1. The summed E-state index contributed by atoms with van der Waals surface area (Å²) in [4.78, 5) is 20.4. The van der Waals surface area contributed by atoms with Crippen molar-refractivity contribution in [1.82, 2.24) is 9.97 Å². The summed E-state index contributed by atoms with van der Waals surface area (Å²) in [5.74, 6) is -0.391. The summed E-state index contributed by atoms with van der Waals surface area (Å²) in [6, 6.07) is 9.65. The minimum absolute atomic E-state index is 0.0996. The summed E-state index contributed by atoms with van der Waals surface area (Å²) in [6.45, 7) is 0. The second kappa shape index (κ2) is 8.05. The van der Waals surface area contributed by atoms with E-state index < -0.39 is 18.0 Å². The first-order valence-electron chi connectivity index (χ1n) is 8.18. The van der Waals surface area contributed by atoms with E-state index in [9.17, 15) is 18.0 Å². The van der Waals surface area contributed by atoms with Crippen LogP contribution in [0.1, 0.15) is 10.4 Å². The van der Waals surface area contributed by atoms with E-state index in [4.69, 9.17) is 10.5 Å². The van der Waals surface area contributed by atoms with Crippen LogP contribution in [0.4, 0.5) is 24.8 Å². The zero-order valence-corrected chi connectivity index (χ0v) is 15.0. The highest BCUT2D eigenvalue weighted by molar-refractivity contribution is 6.05. The van der Waals surface area contributed by atoms with Gasteiger partial charge in [0.25, 0.3) is 5.91 Å². The topological polar surface area (TPSA) is 99.4 Å². The number of ether oxygens (including phenoxy) is 2. The van der Waals surface area contributed by atoms with Crippen LogP contribution in [-0.2, 0) is 0 Å². The van der Waals surface area contributed by atoms with Crippen LogP contribution in [-0.4, -0.2) is 29.3 Å².